The molecule has 5 nitrogen and oxygen atoms in total. The van der Waals surface area contributed by atoms with Gasteiger partial charge in [0, 0.05) is 23.1 Å². The zero-order valence-electron chi connectivity index (χ0n) is 14.2. The van der Waals surface area contributed by atoms with Gasteiger partial charge in [-0.1, -0.05) is 18.2 Å². The van der Waals surface area contributed by atoms with Gasteiger partial charge < -0.3 is 14.6 Å². The molecule has 0 aliphatic heterocycles. The van der Waals surface area contributed by atoms with Crippen molar-refractivity contribution < 1.29 is 14.3 Å². The summed E-state index contributed by atoms with van der Waals surface area (Å²) in [4.78, 5) is 24.4. The van der Waals surface area contributed by atoms with Gasteiger partial charge in [-0.15, -0.1) is 0 Å². The second-order valence-electron chi connectivity index (χ2n) is 6.29. The molecule has 0 spiro atoms. The normalized spacial score (nSPS) is 15.0. The number of aromatic nitrogens is 1. The molecule has 1 heterocycles. The van der Waals surface area contributed by atoms with Crippen LogP contribution in [0, 0.1) is 13.8 Å². The molecule has 1 aliphatic carbocycles. The monoisotopic (exact) mass is 326 g/mol. The van der Waals surface area contributed by atoms with Gasteiger partial charge in [0.25, 0.3) is 5.91 Å². The molecule has 1 aliphatic rings. The Labute approximate surface area is 141 Å². The fourth-order valence-corrected chi connectivity index (χ4v) is 2.77. The highest BCUT2D eigenvalue weighted by atomic mass is 16.5. The molecular formula is C19H22N2O3. The van der Waals surface area contributed by atoms with Crippen LogP contribution in [0.15, 0.2) is 36.4 Å². The van der Waals surface area contributed by atoms with Gasteiger partial charge in [-0.05, 0) is 51.8 Å². The molecule has 2 aromatic rings. The molecular weight excluding hydrogens is 304 g/mol. The zero-order valence-corrected chi connectivity index (χ0v) is 14.2. The summed E-state index contributed by atoms with van der Waals surface area (Å²) < 4.78 is 7.35. The Kier molecular flexibility index (Phi) is 4.42. The van der Waals surface area contributed by atoms with E-state index in [1.54, 1.807) is 13.0 Å². The van der Waals surface area contributed by atoms with Crippen molar-refractivity contribution in [3.05, 3.63) is 53.3 Å². The summed E-state index contributed by atoms with van der Waals surface area (Å²) >= 11 is 0. The lowest BCUT2D eigenvalue weighted by atomic mass is 10.2. The van der Waals surface area contributed by atoms with E-state index < -0.39 is 12.1 Å². The van der Waals surface area contributed by atoms with Gasteiger partial charge in [0.15, 0.2) is 6.10 Å². The minimum atomic E-state index is -0.794. The third-order valence-corrected chi connectivity index (χ3v) is 4.24. The van der Waals surface area contributed by atoms with Crippen molar-refractivity contribution in [2.45, 2.75) is 45.8 Å². The first kappa shape index (κ1) is 16.3. The topological polar surface area (TPSA) is 60.3 Å². The van der Waals surface area contributed by atoms with Crippen molar-refractivity contribution >= 4 is 11.9 Å². The Morgan fingerprint density at radius 3 is 2.50 bits per heavy atom. The summed E-state index contributed by atoms with van der Waals surface area (Å²) in [7, 11) is 0. The van der Waals surface area contributed by atoms with Gasteiger partial charge in [-0.2, -0.15) is 0 Å². The Balaban J connectivity index is 1.77. The summed E-state index contributed by atoms with van der Waals surface area (Å²) in [5, 5.41) is 2.85. The predicted molar refractivity (Wildman–Crippen MR) is 91.3 cm³/mol. The van der Waals surface area contributed by atoms with E-state index in [0.717, 1.165) is 29.9 Å². The van der Waals surface area contributed by atoms with Gasteiger partial charge in [0.05, 0.1) is 5.56 Å². The van der Waals surface area contributed by atoms with Crippen LogP contribution < -0.4 is 5.32 Å². The van der Waals surface area contributed by atoms with Crippen molar-refractivity contribution in [2.75, 3.05) is 0 Å². The van der Waals surface area contributed by atoms with Crippen LogP contribution in [0.1, 0.15) is 41.5 Å². The standard InChI is InChI=1S/C19H22N2O3/c1-12-11-17(13(2)21(12)16-7-5-4-6-8-16)19(23)24-14(3)18(22)20-15-9-10-15/h4-8,11,14-15H,9-10H2,1-3H3,(H,20,22)/t14-/m1/s1. The number of benzene rings is 1. The number of esters is 1. The third-order valence-electron chi connectivity index (χ3n) is 4.24. The predicted octanol–water partition coefficient (Wildman–Crippen LogP) is 2.92. The summed E-state index contributed by atoms with van der Waals surface area (Å²) in [6, 6.07) is 11.9. The number of rotatable bonds is 5. The molecule has 3 rings (SSSR count). The first-order valence-electron chi connectivity index (χ1n) is 8.23. The molecule has 1 N–H and O–H groups in total. The molecule has 0 bridgehead atoms. The number of aryl methyl sites for hydroxylation is 1. The minimum Gasteiger partial charge on any atom is -0.449 e. The lowest BCUT2D eigenvalue weighted by Crippen LogP contribution is -2.37. The Morgan fingerprint density at radius 1 is 1.21 bits per heavy atom. The highest BCUT2D eigenvalue weighted by Crippen LogP contribution is 2.22. The first-order valence-corrected chi connectivity index (χ1v) is 8.23. The number of para-hydroxylation sites is 1. The average Bonchev–Trinajstić information content (AvgIpc) is 3.32. The van der Waals surface area contributed by atoms with E-state index in [2.05, 4.69) is 5.32 Å². The molecule has 24 heavy (non-hydrogen) atoms. The fourth-order valence-electron chi connectivity index (χ4n) is 2.77. The molecule has 1 atom stereocenters. The van der Waals surface area contributed by atoms with E-state index in [-0.39, 0.29) is 11.9 Å². The SMILES string of the molecule is Cc1cc(C(=O)O[C@H](C)C(=O)NC2CC2)c(C)n1-c1ccccc1. The van der Waals surface area contributed by atoms with E-state index >= 15 is 0 Å². The van der Waals surface area contributed by atoms with Crippen LogP contribution in [-0.2, 0) is 9.53 Å². The number of nitrogens with one attached hydrogen (secondary N) is 1. The Bertz CT molecular complexity index is 760. The van der Waals surface area contributed by atoms with E-state index in [1.165, 1.54) is 0 Å². The molecule has 0 saturated heterocycles. The summed E-state index contributed by atoms with van der Waals surface area (Å²) in [6.07, 6.45) is 1.22. The number of ether oxygens (including phenoxy) is 1. The van der Waals surface area contributed by atoms with E-state index in [1.807, 2.05) is 48.7 Å². The molecule has 1 fully saturated rings. The molecule has 1 aromatic heterocycles. The maximum absolute atomic E-state index is 12.5. The van der Waals surface area contributed by atoms with Gasteiger partial charge in [-0.3, -0.25) is 4.79 Å². The van der Waals surface area contributed by atoms with Crippen LogP contribution >= 0.6 is 0 Å². The summed E-state index contributed by atoms with van der Waals surface area (Å²) in [5.74, 6) is -0.702. The van der Waals surface area contributed by atoms with Crippen molar-refractivity contribution in [1.82, 2.24) is 9.88 Å². The highest BCUT2D eigenvalue weighted by Gasteiger charge is 2.28. The molecule has 5 heteroatoms. The van der Waals surface area contributed by atoms with Gasteiger partial charge in [0.2, 0.25) is 0 Å². The molecule has 126 valence electrons. The van der Waals surface area contributed by atoms with E-state index in [9.17, 15) is 9.59 Å². The number of hydrogen-bond acceptors (Lipinski definition) is 3. The van der Waals surface area contributed by atoms with Crippen molar-refractivity contribution in [3.8, 4) is 5.69 Å². The molecule has 1 amide bonds. The largest absolute Gasteiger partial charge is 0.449 e. The molecule has 0 radical (unpaired) electrons. The lowest BCUT2D eigenvalue weighted by molar-refractivity contribution is -0.129. The quantitative estimate of drug-likeness (QED) is 0.860. The fraction of sp³-hybridized carbons (Fsp3) is 0.368. The zero-order chi connectivity index (χ0) is 17.3. The molecule has 0 unspecified atom stereocenters. The minimum absolute atomic E-state index is 0.234. The number of hydrogen-bond donors (Lipinski definition) is 1. The Hall–Kier alpha value is -2.56. The second kappa shape index (κ2) is 6.51. The summed E-state index contributed by atoms with van der Waals surface area (Å²) in [5.41, 5.74) is 3.23. The van der Waals surface area contributed by atoms with Crippen LogP contribution in [0.4, 0.5) is 0 Å². The highest BCUT2D eigenvalue weighted by molar-refractivity contribution is 5.93. The number of nitrogens with zero attached hydrogens (tertiary/aromatic N) is 1. The van der Waals surface area contributed by atoms with Gasteiger partial charge in [-0.25, -0.2) is 4.79 Å². The van der Waals surface area contributed by atoms with Gasteiger partial charge in [0.1, 0.15) is 0 Å². The molecule has 1 aromatic carbocycles. The van der Waals surface area contributed by atoms with E-state index in [4.69, 9.17) is 4.74 Å². The second-order valence-corrected chi connectivity index (χ2v) is 6.29. The van der Waals surface area contributed by atoms with Gasteiger partial charge >= 0.3 is 5.97 Å². The molecule has 1 saturated carbocycles. The van der Waals surface area contributed by atoms with Crippen molar-refractivity contribution in [3.63, 3.8) is 0 Å². The van der Waals surface area contributed by atoms with Crippen LogP contribution in [0.5, 0.6) is 0 Å². The number of carbonyl (C=O) groups is 2. The maximum atomic E-state index is 12.5. The Morgan fingerprint density at radius 2 is 1.88 bits per heavy atom. The number of carbonyl (C=O) groups excluding carboxylic acids is 2. The van der Waals surface area contributed by atoms with Crippen LogP contribution in [0.2, 0.25) is 0 Å². The van der Waals surface area contributed by atoms with Crippen molar-refractivity contribution in [1.29, 1.82) is 0 Å². The van der Waals surface area contributed by atoms with E-state index in [0.29, 0.717) is 5.56 Å². The third kappa shape index (κ3) is 3.35. The van der Waals surface area contributed by atoms with Crippen LogP contribution in [-0.4, -0.2) is 28.6 Å². The van der Waals surface area contributed by atoms with Crippen LogP contribution in [0.3, 0.4) is 0 Å². The average molecular weight is 326 g/mol. The lowest BCUT2D eigenvalue weighted by Gasteiger charge is -2.13. The first-order chi connectivity index (χ1) is 11.5. The van der Waals surface area contributed by atoms with Crippen LogP contribution in [0.25, 0.3) is 5.69 Å². The maximum Gasteiger partial charge on any atom is 0.340 e. The van der Waals surface area contributed by atoms with Crippen molar-refractivity contribution in [2.24, 2.45) is 0 Å². The smallest absolute Gasteiger partial charge is 0.340 e. The summed E-state index contributed by atoms with van der Waals surface area (Å²) in [6.45, 7) is 5.43. The number of amides is 1.